The smallest absolute Gasteiger partial charge is 0.281 e. The van der Waals surface area contributed by atoms with Gasteiger partial charge >= 0.3 is 0 Å². The molecule has 1 amide bonds. The van der Waals surface area contributed by atoms with Crippen molar-refractivity contribution in [1.29, 1.82) is 0 Å². The van der Waals surface area contributed by atoms with E-state index in [4.69, 9.17) is 14.5 Å². The van der Waals surface area contributed by atoms with Crippen LogP contribution in [0.3, 0.4) is 0 Å². The summed E-state index contributed by atoms with van der Waals surface area (Å²) in [6.07, 6.45) is 0.673. The third kappa shape index (κ3) is 5.18. The van der Waals surface area contributed by atoms with E-state index in [0.29, 0.717) is 46.5 Å². The Bertz CT molecular complexity index is 1820. The molecule has 1 atom stereocenters. The minimum Gasteiger partial charge on any atom is -0.497 e. The Balaban J connectivity index is 1.37. The van der Waals surface area contributed by atoms with Crippen LogP contribution in [0.2, 0.25) is 0 Å². The molecule has 0 bridgehead atoms. The largest absolute Gasteiger partial charge is 0.497 e. The van der Waals surface area contributed by atoms with Crippen LogP contribution in [0.4, 0.5) is 9.52 Å². The number of ether oxygens (including phenoxy) is 2. The predicted octanol–water partition coefficient (Wildman–Crippen LogP) is 4.62. The highest BCUT2D eigenvalue weighted by Gasteiger charge is 2.36. The molecular formula is C31H28FN5O4S. The summed E-state index contributed by atoms with van der Waals surface area (Å²) in [7, 11) is 3.09. The van der Waals surface area contributed by atoms with Crippen molar-refractivity contribution in [2.45, 2.75) is 25.6 Å². The zero-order chi connectivity index (χ0) is 29.2. The number of fused-ring (bicyclic) bond motifs is 1. The maximum atomic E-state index is 15.0. The number of nitrogens with zero attached hydrogens (tertiary/aromatic N) is 4. The van der Waals surface area contributed by atoms with Gasteiger partial charge < -0.3 is 19.7 Å². The highest BCUT2D eigenvalue weighted by molar-refractivity contribution is 7.21. The van der Waals surface area contributed by atoms with E-state index in [9.17, 15) is 9.59 Å². The fourth-order valence-corrected chi connectivity index (χ4v) is 5.97. The summed E-state index contributed by atoms with van der Waals surface area (Å²) in [5.41, 5.74) is 1.64. The van der Waals surface area contributed by atoms with Gasteiger partial charge in [0.2, 0.25) is 5.91 Å². The van der Waals surface area contributed by atoms with Gasteiger partial charge in [-0.05, 0) is 36.2 Å². The maximum Gasteiger partial charge on any atom is 0.281 e. The average Bonchev–Trinajstić information content (AvgIpc) is 3.41. The molecule has 11 heteroatoms. The molecular weight excluding hydrogens is 557 g/mol. The number of aromatic nitrogens is 3. The van der Waals surface area contributed by atoms with Crippen molar-refractivity contribution < 1.29 is 18.7 Å². The van der Waals surface area contributed by atoms with Crippen LogP contribution in [0.1, 0.15) is 17.5 Å². The van der Waals surface area contributed by atoms with Crippen molar-refractivity contribution in [3.05, 3.63) is 100 Å². The summed E-state index contributed by atoms with van der Waals surface area (Å²) in [5.74, 6) is 0.700. The van der Waals surface area contributed by atoms with Crippen molar-refractivity contribution in [3.8, 4) is 22.9 Å². The Hall–Kier alpha value is -4.77. The average molecular weight is 586 g/mol. The first-order valence-electron chi connectivity index (χ1n) is 13.4. The summed E-state index contributed by atoms with van der Waals surface area (Å²) in [4.78, 5) is 38.6. The number of carbonyl (C=O) groups excluding carboxylic acids is 1. The number of thiazole rings is 1. The van der Waals surface area contributed by atoms with Gasteiger partial charge in [-0.15, -0.1) is 0 Å². The lowest BCUT2D eigenvalue weighted by Gasteiger charge is -2.39. The van der Waals surface area contributed by atoms with E-state index in [1.807, 2.05) is 35.2 Å². The Morgan fingerprint density at radius 1 is 1.05 bits per heavy atom. The molecule has 1 aliphatic heterocycles. The summed E-state index contributed by atoms with van der Waals surface area (Å²) in [6.45, 7) is 1.12. The Morgan fingerprint density at radius 2 is 1.83 bits per heavy atom. The first-order chi connectivity index (χ1) is 20.5. The normalized spacial score (nSPS) is 14.5. The lowest BCUT2D eigenvalue weighted by atomic mass is 10.0. The molecule has 1 unspecified atom stereocenters. The highest BCUT2D eigenvalue weighted by atomic mass is 32.1. The number of halogens is 1. The molecule has 3 heterocycles. The second-order valence-corrected chi connectivity index (χ2v) is 10.8. The van der Waals surface area contributed by atoms with Gasteiger partial charge in [0.25, 0.3) is 5.56 Å². The number of methoxy groups -OCH3 is 2. The van der Waals surface area contributed by atoms with E-state index in [0.717, 1.165) is 5.56 Å². The van der Waals surface area contributed by atoms with Crippen molar-refractivity contribution in [1.82, 2.24) is 19.9 Å². The van der Waals surface area contributed by atoms with E-state index in [2.05, 4.69) is 10.3 Å². The Kier molecular flexibility index (Phi) is 7.58. The van der Waals surface area contributed by atoms with Gasteiger partial charge in [0.15, 0.2) is 15.5 Å². The lowest BCUT2D eigenvalue weighted by Crippen LogP contribution is -2.56. The summed E-state index contributed by atoms with van der Waals surface area (Å²) < 4.78 is 27.3. The number of amides is 1. The fourth-order valence-electron chi connectivity index (χ4n) is 4.96. The number of carbonyl (C=O) groups is 1. The van der Waals surface area contributed by atoms with E-state index < -0.39 is 17.4 Å². The minimum absolute atomic E-state index is 0.0691. The summed E-state index contributed by atoms with van der Waals surface area (Å²) in [5, 5.41) is 3.52. The fraction of sp³-hybridized carbons (Fsp3) is 0.226. The molecule has 1 N–H and O–H groups in total. The van der Waals surface area contributed by atoms with Crippen molar-refractivity contribution >= 4 is 32.7 Å². The van der Waals surface area contributed by atoms with E-state index in [-0.39, 0.29) is 29.4 Å². The second kappa shape index (κ2) is 11.6. The molecule has 3 aromatic carbocycles. The minimum atomic E-state index is -0.498. The van der Waals surface area contributed by atoms with Crippen LogP contribution in [0, 0.1) is 5.82 Å². The van der Waals surface area contributed by atoms with Gasteiger partial charge in [0.05, 0.1) is 26.3 Å². The topological polar surface area (TPSA) is 98.6 Å². The first kappa shape index (κ1) is 27.4. The van der Waals surface area contributed by atoms with Gasteiger partial charge in [-0.25, -0.2) is 14.4 Å². The molecule has 1 saturated heterocycles. The van der Waals surface area contributed by atoms with Crippen molar-refractivity contribution in [2.75, 3.05) is 25.7 Å². The third-order valence-electron chi connectivity index (χ3n) is 7.32. The quantitative estimate of drug-likeness (QED) is 0.270. The Labute approximate surface area is 245 Å². The van der Waals surface area contributed by atoms with Crippen LogP contribution < -0.4 is 25.2 Å². The molecule has 214 valence electrons. The standard InChI is InChI=1S/C31H28FN5O4S/c1-40-21-13-12-20(25(16-21)41-2)18-37-27(22-10-6-7-11-23(22)32)35-29-26(30(37)39)34-31(42-29)36-15-14-24(36)28(38)33-17-19-8-4-3-5-9-19/h3-13,16,24H,14-15,17-18H2,1-2H3,(H,33,38). The SMILES string of the molecule is COc1ccc(Cn2c(-c3ccccc3F)nc3sc(N4CCC4C(=O)NCc4ccccc4)nc3c2=O)c(OC)c1. The van der Waals surface area contributed by atoms with Gasteiger partial charge in [-0.3, -0.25) is 14.2 Å². The summed E-state index contributed by atoms with van der Waals surface area (Å²) >= 11 is 1.22. The van der Waals surface area contributed by atoms with Crippen LogP contribution >= 0.6 is 11.3 Å². The van der Waals surface area contributed by atoms with E-state index >= 15 is 4.39 Å². The van der Waals surface area contributed by atoms with Gasteiger partial charge in [0, 0.05) is 24.7 Å². The molecule has 5 aromatic rings. The molecule has 1 aliphatic rings. The van der Waals surface area contributed by atoms with Gasteiger partial charge in [0.1, 0.15) is 29.2 Å². The van der Waals surface area contributed by atoms with Crippen molar-refractivity contribution in [2.24, 2.45) is 0 Å². The zero-order valence-corrected chi connectivity index (χ0v) is 23.9. The third-order valence-corrected chi connectivity index (χ3v) is 8.31. The number of rotatable bonds is 9. The van der Waals surface area contributed by atoms with Gasteiger partial charge in [-0.1, -0.05) is 53.8 Å². The Morgan fingerprint density at radius 3 is 2.55 bits per heavy atom. The maximum absolute atomic E-state index is 15.0. The monoisotopic (exact) mass is 585 g/mol. The molecule has 0 aliphatic carbocycles. The zero-order valence-electron chi connectivity index (χ0n) is 23.0. The van der Waals surface area contributed by atoms with Crippen LogP contribution in [0.15, 0.2) is 77.6 Å². The van der Waals surface area contributed by atoms with Gasteiger partial charge in [-0.2, -0.15) is 0 Å². The molecule has 0 spiro atoms. The lowest BCUT2D eigenvalue weighted by molar-refractivity contribution is -0.123. The number of nitrogens with one attached hydrogen (secondary N) is 1. The summed E-state index contributed by atoms with van der Waals surface area (Å²) in [6, 6.07) is 20.8. The van der Waals surface area contributed by atoms with Crippen LogP contribution in [0.25, 0.3) is 21.7 Å². The molecule has 0 radical (unpaired) electrons. The first-order valence-corrected chi connectivity index (χ1v) is 14.2. The number of anilines is 1. The number of hydrogen-bond acceptors (Lipinski definition) is 8. The predicted molar refractivity (Wildman–Crippen MR) is 160 cm³/mol. The molecule has 2 aromatic heterocycles. The molecule has 6 rings (SSSR count). The number of benzene rings is 3. The van der Waals surface area contributed by atoms with E-state index in [1.54, 1.807) is 43.5 Å². The van der Waals surface area contributed by atoms with Crippen LogP contribution in [0.5, 0.6) is 11.5 Å². The molecule has 1 fully saturated rings. The highest BCUT2D eigenvalue weighted by Crippen LogP contribution is 2.34. The molecule has 9 nitrogen and oxygen atoms in total. The molecule has 42 heavy (non-hydrogen) atoms. The van der Waals surface area contributed by atoms with Crippen molar-refractivity contribution in [3.63, 3.8) is 0 Å². The second-order valence-electron chi connectivity index (χ2n) is 9.84. The van der Waals surface area contributed by atoms with Crippen LogP contribution in [-0.4, -0.2) is 47.2 Å². The number of hydrogen-bond donors (Lipinski definition) is 1. The van der Waals surface area contributed by atoms with Crippen LogP contribution in [-0.2, 0) is 17.9 Å². The molecule has 0 saturated carbocycles. The van der Waals surface area contributed by atoms with E-state index in [1.165, 1.54) is 29.1 Å².